The van der Waals surface area contributed by atoms with Crippen molar-refractivity contribution in [2.45, 2.75) is 26.8 Å². The molecule has 0 bridgehead atoms. The van der Waals surface area contributed by atoms with Crippen LogP contribution in [0.2, 0.25) is 0 Å². The first-order valence-electron chi connectivity index (χ1n) is 5.94. The minimum Gasteiger partial charge on any atom is -0.342 e. The summed E-state index contributed by atoms with van der Waals surface area (Å²) < 4.78 is 26.2. The van der Waals surface area contributed by atoms with Gasteiger partial charge in [-0.15, -0.1) is 11.3 Å². The van der Waals surface area contributed by atoms with Crippen molar-refractivity contribution < 1.29 is 13.6 Å². The quantitative estimate of drug-likeness (QED) is 0.947. The number of aromatic nitrogens is 2. The van der Waals surface area contributed by atoms with Crippen LogP contribution in [0, 0.1) is 25.5 Å². The molecule has 0 radical (unpaired) electrons. The zero-order valence-electron chi connectivity index (χ0n) is 11.2. The van der Waals surface area contributed by atoms with Gasteiger partial charge in [0.1, 0.15) is 5.82 Å². The summed E-state index contributed by atoms with van der Waals surface area (Å²) in [7, 11) is 0. The minimum atomic E-state index is -0.985. The van der Waals surface area contributed by atoms with Crippen LogP contribution < -0.4 is 5.32 Å². The van der Waals surface area contributed by atoms with Crippen LogP contribution in [0.1, 0.15) is 39.0 Å². The summed E-state index contributed by atoms with van der Waals surface area (Å²) >= 11 is 1.52. The molecule has 7 heteroatoms. The second kappa shape index (κ2) is 5.62. The zero-order chi connectivity index (χ0) is 14.9. The number of hydrogen-bond donors (Lipinski definition) is 1. The monoisotopic (exact) mass is 297 g/mol. The van der Waals surface area contributed by atoms with E-state index < -0.39 is 23.2 Å². The minimum absolute atomic E-state index is 0.376. The van der Waals surface area contributed by atoms with Crippen molar-refractivity contribution in [1.82, 2.24) is 15.3 Å². The maximum atomic E-state index is 13.5. The van der Waals surface area contributed by atoms with Crippen molar-refractivity contribution in [3.8, 4) is 0 Å². The summed E-state index contributed by atoms with van der Waals surface area (Å²) in [5, 5.41) is 3.50. The molecule has 0 unspecified atom stereocenters. The van der Waals surface area contributed by atoms with Crippen LogP contribution in [0.15, 0.2) is 12.3 Å². The third-order valence-electron chi connectivity index (χ3n) is 2.72. The molecule has 2 aromatic heterocycles. The third-order valence-corrected chi connectivity index (χ3v) is 3.62. The van der Waals surface area contributed by atoms with Gasteiger partial charge in [-0.2, -0.15) is 0 Å². The fourth-order valence-corrected chi connectivity index (χ4v) is 2.78. The number of nitrogens with zero attached hydrogens (tertiary/aromatic N) is 2. The first kappa shape index (κ1) is 14.5. The first-order chi connectivity index (χ1) is 9.38. The maximum Gasteiger partial charge on any atom is 0.273 e. The van der Waals surface area contributed by atoms with Crippen molar-refractivity contribution in [2.75, 3.05) is 0 Å². The van der Waals surface area contributed by atoms with E-state index in [1.165, 1.54) is 11.3 Å². The van der Waals surface area contributed by atoms with E-state index in [1.807, 2.05) is 13.8 Å². The number of amides is 1. The van der Waals surface area contributed by atoms with E-state index in [-0.39, 0.29) is 6.04 Å². The number of pyridine rings is 1. The van der Waals surface area contributed by atoms with E-state index in [4.69, 9.17) is 0 Å². The van der Waals surface area contributed by atoms with Gasteiger partial charge in [-0.05, 0) is 20.8 Å². The molecule has 0 aliphatic rings. The van der Waals surface area contributed by atoms with Gasteiger partial charge in [0.25, 0.3) is 5.91 Å². The Morgan fingerprint density at radius 3 is 2.65 bits per heavy atom. The highest BCUT2D eigenvalue weighted by molar-refractivity contribution is 7.11. The van der Waals surface area contributed by atoms with Crippen molar-refractivity contribution in [3.63, 3.8) is 0 Å². The van der Waals surface area contributed by atoms with E-state index in [2.05, 4.69) is 15.3 Å². The molecule has 0 spiro atoms. The summed E-state index contributed by atoms with van der Waals surface area (Å²) in [6.07, 6.45) is 0.806. The van der Waals surface area contributed by atoms with Crippen molar-refractivity contribution in [1.29, 1.82) is 0 Å². The lowest BCUT2D eigenvalue weighted by Gasteiger charge is -2.12. The van der Waals surface area contributed by atoms with Gasteiger partial charge in [-0.25, -0.2) is 18.7 Å². The second-order valence-corrected chi connectivity index (χ2v) is 5.76. The molecular formula is C13H13F2N3OS. The Morgan fingerprint density at radius 2 is 2.10 bits per heavy atom. The summed E-state index contributed by atoms with van der Waals surface area (Å²) in [5.74, 6) is -2.50. The standard InChI is InChI=1S/C13H13F2N3OS/c1-6(11-7(2)20-8(3)18-11)17-13(19)12-10(15)4-9(14)5-16-12/h4-6H,1-3H3,(H,17,19)/t6-/m1/s1. The molecule has 106 valence electrons. The maximum absolute atomic E-state index is 13.5. The fraction of sp³-hybridized carbons (Fsp3) is 0.308. The molecular weight excluding hydrogens is 284 g/mol. The average molecular weight is 297 g/mol. The van der Waals surface area contributed by atoms with Crippen molar-refractivity contribution in [3.05, 3.63) is 45.2 Å². The van der Waals surface area contributed by atoms with Gasteiger partial charge in [0.15, 0.2) is 11.5 Å². The highest BCUT2D eigenvalue weighted by atomic mass is 32.1. The predicted octanol–water partition coefficient (Wildman–Crippen LogP) is 2.92. The summed E-state index contributed by atoms with van der Waals surface area (Å²) in [4.78, 5) is 20.7. The number of hydrogen-bond acceptors (Lipinski definition) is 4. The lowest BCUT2D eigenvalue weighted by molar-refractivity contribution is 0.0929. The topological polar surface area (TPSA) is 54.9 Å². The number of carbonyl (C=O) groups is 1. The van der Waals surface area contributed by atoms with Gasteiger partial charge in [0, 0.05) is 10.9 Å². The van der Waals surface area contributed by atoms with Crippen LogP contribution in [-0.2, 0) is 0 Å². The molecule has 0 saturated heterocycles. The van der Waals surface area contributed by atoms with Gasteiger partial charge in [0.2, 0.25) is 0 Å². The molecule has 0 aliphatic heterocycles. The number of nitrogens with one attached hydrogen (secondary N) is 1. The highest BCUT2D eigenvalue weighted by Crippen LogP contribution is 2.22. The Morgan fingerprint density at radius 1 is 1.40 bits per heavy atom. The van der Waals surface area contributed by atoms with E-state index in [1.54, 1.807) is 6.92 Å². The normalized spacial score (nSPS) is 12.2. The Kier molecular flexibility index (Phi) is 4.08. The average Bonchev–Trinajstić information content (AvgIpc) is 2.68. The van der Waals surface area contributed by atoms with Crippen LogP contribution >= 0.6 is 11.3 Å². The molecule has 1 atom stereocenters. The lowest BCUT2D eigenvalue weighted by Crippen LogP contribution is -2.29. The van der Waals surface area contributed by atoms with Gasteiger partial charge in [0.05, 0.1) is 22.9 Å². The van der Waals surface area contributed by atoms with Gasteiger partial charge >= 0.3 is 0 Å². The number of halogens is 2. The van der Waals surface area contributed by atoms with Crippen molar-refractivity contribution >= 4 is 17.2 Å². The molecule has 0 aromatic carbocycles. The zero-order valence-corrected chi connectivity index (χ0v) is 12.0. The van der Waals surface area contributed by atoms with E-state index in [0.717, 1.165) is 21.8 Å². The molecule has 0 fully saturated rings. The van der Waals surface area contributed by atoms with E-state index in [0.29, 0.717) is 6.07 Å². The Bertz CT molecular complexity index is 657. The molecule has 4 nitrogen and oxygen atoms in total. The van der Waals surface area contributed by atoms with Gasteiger partial charge in [-0.3, -0.25) is 4.79 Å². The second-order valence-electron chi connectivity index (χ2n) is 4.35. The van der Waals surface area contributed by atoms with Crippen LogP contribution in [0.5, 0.6) is 0 Å². The van der Waals surface area contributed by atoms with Gasteiger partial charge in [-0.1, -0.05) is 0 Å². The summed E-state index contributed by atoms with van der Waals surface area (Å²) in [5.41, 5.74) is 0.311. The highest BCUT2D eigenvalue weighted by Gasteiger charge is 2.19. The summed E-state index contributed by atoms with van der Waals surface area (Å²) in [6, 6.07) is 0.254. The molecule has 20 heavy (non-hydrogen) atoms. The van der Waals surface area contributed by atoms with Gasteiger partial charge < -0.3 is 5.32 Å². The third kappa shape index (κ3) is 2.98. The number of carbonyl (C=O) groups excluding carboxylic acids is 1. The van der Waals surface area contributed by atoms with Crippen LogP contribution in [0.4, 0.5) is 8.78 Å². The molecule has 1 amide bonds. The van der Waals surface area contributed by atoms with Crippen LogP contribution in [0.25, 0.3) is 0 Å². The molecule has 2 rings (SSSR count). The smallest absolute Gasteiger partial charge is 0.273 e. The van der Waals surface area contributed by atoms with E-state index >= 15 is 0 Å². The first-order valence-corrected chi connectivity index (χ1v) is 6.76. The molecule has 0 saturated carbocycles. The molecule has 2 aromatic rings. The van der Waals surface area contributed by atoms with Crippen LogP contribution in [0.3, 0.4) is 0 Å². The number of rotatable bonds is 3. The number of aryl methyl sites for hydroxylation is 2. The van der Waals surface area contributed by atoms with Crippen molar-refractivity contribution in [2.24, 2.45) is 0 Å². The Labute approximate surface area is 118 Å². The number of thiazole rings is 1. The van der Waals surface area contributed by atoms with E-state index in [9.17, 15) is 13.6 Å². The predicted molar refractivity (Wildman–Crippen MR) is 71.6 cm³/mol. The fourth-order valence-electron chi connectivity index (χ4n) is 1.86. The van der Waals surface area contributed by atoms with Crippen LogP contribution in [-0.4, -0.2) is 15.9 Å². The Hall–Kier alpha value is -1.89. The summed E-state index contributed by atoms with van der Waals surface area (Å²) in [6.45, 7) is 5.52. The molecule has 1 N–H and O–H groups in total. The lowest BCUT2D eigenvalue weighted by atomic mass is 10.2. The largest absolute Gasteiger partial charge is 0.342 e. The molecule has 2 heterocycles. The molecule has 0 aliphatic carbocycles. The SMILES string of the molecule is Cc1nc([C@@H](C)NC(=O)c2ncc(F)cc2F)c(C)s1. The Balaban J connectivity index is 2.17.